The smallest absolute Gasteiger partial charge is 0.216 e. The topological polar surface area (TPSA) is 60.2 Å². The molecule has 4 heteroatoms. The molecule has 0 amide bonds. The van der Waals surface area contributed by atoms with Crippen molar-refractivity contribution in [3.05, 3.63) is 10.1 Å². The highest BCUT2D eigenvalue weighted by Crippen LogP contribution is 2.18. The zero-order chi connectivity index (χ0) is 9.78. The van der Waals surface area contributed by atoms with E-state index in [0.717, 1.165) is 6.29 Å². The van der Waals surface area contributed by atoms with E-state index in [1.54, 1.807) is 20.8 Å². The van der Waals surface area contributed by atoms with Crippen molar-refractivity contribution in [1.29, 1.82) is 0 Å². The summed E-state index contributed by atoms with van der Waals surface area (Å²) in [6.07, 6.45) is 1.85. The summed E-state index contributed by atoms with van der Waals surface area (Å²) in [5.41, 5.74) is -0.905. The molecule has 1 atom stereocenters. The predicted octanol–water partition coefficient (Wildman–Crippen LogP) is 1.66. The summed E-state index contributed by atoms with van der Waals surface area (Å²) in [6.45, 7) is 4.91. The second kappa shape index (κ2) is 4.18. The number of nitro groups is 1. The number of hydrogen-bond acceptors (Lipinski definition) is 3. The molecule has 0 bridgehead atoms. The summed E-state index contributed by atoms with van der Waals surface area (Å²) < 4.78 is 0. The fraction of sp³-hybridized carbons (Fsp3) is 0.875. The van der Waals surface area contributed by atoms with Gasteiger partial charge in [-0.2, -0.15) is 0 Å². The van der Waals surface area contributed by atoms with Crippen LogP contribution in [0.15, 0.2) is 0 Å². The molecule has 0 radical (unpaired) electrons. The van der Waals surface area contributed by atoms with E-state index in [0.29, 0.717) is 12.8 Å². The molecule has 0 aromatic carbocycles. The van der Waals surface area contributed by atoms with Gasteiger partial charge in [-0.1, -0.05) is 6.92 Å². The van der Waals surface area contributed by atoms with Crippen LogP contribution in [-0.4, -0.2) is 16.7 Å². The van der Waals surface area contributed by atoms with Crippen molar-refractivity contribution in [3.8, 4) is 0 Å². The Bertz CT molecular complexity index is 177. The average molecular weight is 173 g/mol. The second-order valence-corrected chi connectivity index (χ2v) is 3.72. The van der Waals surface area contributed by atoms with Gasteiger partial charge in [-0.05, 0) is 6.42 Å². The van der Waals surface area contributed by atoms with Gasteiger partial charge in [0.15, 0.2) is 0 Å². The third-order valence-electron chi connectivity index (χ3n) is 1.94. The molecule has 0 rings (SSSR count). The molecule has 0 aromatic rings. The van der Waals surface area contributed by atoms with Crippen LogP contribution in [0, 0.1) is 16.0 Å². The first-order valence-corrected chi connectivity index (χ1v) is 4.00. The zero-order valence-electron chi connectivity index (χ0n) is 7.74. The quantitative estimate of drug-likeness (QED) is 0.361. The largest absolute Gasteiger partial charge is 0.303 e. The first kappa shape index (κ1) is 11.1. The molecule has 0 heterocycles. The molecule has 0 N–H and O–H groups in total. The number of hydrogen-bond donors (Lipinski definition) is 0. The molecule has 0 aliphatic carbocycles. The van der Waals surface area contributed by atoms with Crippen LogP contribution in [0.4, 0.5) is 0 Å². The Kier molecular flexibility index (Phi) is 3.86. The van der Waals surface area contributed by atoms with Crippen molar-refractivity contribution in [2.24, 2.45) is 5.92 Å². The molecule has 12 heavy (non-hydrogen) atoms. The zero-order valence-corrected chi connectivity index (χ0v) is 7.74. The summed E-state index contributed by atoms with van der Waals surface area (Å²) >= 11 is 0. The van der Waals surface area contributed by atoms with Crippen molar-refractivity contribution >= 4 is 6.29 Å². The highest BCUT2D eigenvalue weighted by molar-refractivity contribution is 5.52. The van der Waals surface area contributed by atoms with E-state index in [-0.39, 0.29) is 10.8 Å². The van der Waals surface area contributed by atoms with Crippen LogP contribution in [0.2, 0.25) is 0 Å². The normalized spacial score (nSPS) is 13.9. The number of nitrogens with zero attached hydrogens (tertiary/aromatic N) is 1. The molecule has 0 aromatic heterocycles. The number of carbonyl (C=O) groups is 1. The maximum absolute atomic E-state index is 10.4. The van der Waals surface area contributed by atoms with Crippen LogP contribution in [0.25, 0.3) is 0 Å². The molecule has 0 saturated heterocycles. The Balaban J connectivity index is 3.91. The first-order valence-electron chi connectivity index (χ1n) is 4.00. The van der Waals surface area contributed by atoms with Crippen LogP contribution in [-0.2, 0) is 4.79 Å². The lowest BCUT2D eigenvalue weighted by atomic mass is 9.94. The molecular weight excluding hydrogens is 158 g/mol. The lowest BCUT2D eigenvalue weighted by Crippen LogP contribution is -2.31. The molecule has 4 nitrogen and oxygen atoms in total. The molecule has 0 aliphatic rings. The van der Waals surface area contributed by atoms with Crippen molar-refractivity contribution in [2.45, 2.75) is 39.2 Å². The third-order valence-corrected chi connectivity index (χ3v) is 1.94. The van der Waals surface area contributed by atoms with Gasteiger partial charge in [-0.15, -0.1) is 0 Å². The van der Waals surface area contributed by atoms with Gasteiger partial charge in [0.05, 0.1) is 0 Å². The molecule has 0 spiro atoms. The van der Waals surface area contributed by atoms with Gasteiger partial charge in [-0.3, -0.25) is 10.1 Å². The van der Waals surface area contributed by atoms with Crippen molar-refractivity contribution in [3.63, 3.8) is 0 Å². The molecule has 0 fully saturated rings. The first-order chi connectivity index (χ1) is 5.40. The minimum Gasteiger partial charge on any atom is -0.303 e. The fourth-order valence-electron chi connectivity index (χ4n) is 0.740. The maximum atomic E-state index is 10.4. The van der Waals surface area contributed by atoms with Crippen LogP contribution < -0.4 is 0 Å². The van der Waals surface area contributed by atoms with E-state index in [4.69, 9.17) is 0 Å². The highest BCUT2D eigenvalue weighted by Gasteiger charge is 2.30. The van der Waals surface area contributed by atoms with Crippen LogP contribution in [0.3, 0.4) is 0 Å². The monoisotopic (exact) mass is 173 g/mol. The maximum Gasteiger partial charge on any atom is 0.216 e. The van der Waals surface area contributed by atoms with Crippen molar-refractivity contribution in [2.75, 3.05) is 0 Å². The van der Waals surface area contributed by atoms with Gasteiger partial charge in [0, 0.05) is 31.1 Å². The summed E-state index contributed by atoms with van der Waals surface area (Å²) in [6, 6.07) is 0. The third kappa shape index (κ3) is 3.46. The van der Waals surface area contributed by atoms with Gasteiger partial charge < -0.3 is 4.79 Å². The van der Waals surface area contributed by atoms with Crippen LogP contribution in [0.5, 0.6) is 0 Å². The van der Waals surface area contributed by atoms with Gasteiger partial charge in [0.1, 0.15) is 6.29 Å². The van der Waals surface area contributed by atoms with Gasteiger partial charge in [-0.25, -0.2) is 0 Å². The SMILES string of the molecule is CC(C=O)CCC(C)(C)[N+](=O)[O-]. The van der Waals surface area contributed by atoms with E-state index >= 15 is 0 Å². The molecule has 1 unspecified atom stereocenters. The molecule has 70 valence electrons. The fourth-order valence-corrected chi connectivity index (χ4v) is 0.740. The second-order valence-electron chi connectivity index (χ2n) is 3.72. The van der Waals surface area contributed by atoms with Gasteiger partial charge in [0.25, 0.3) is 0 Å². The van der Waals surface area contributed by atoms with E-state index < -0.39 is 5.54 Å². The Morgan fingerprint density at radius 1 is 1.58 bits per heavy atom. The van der Waals surface area contributed by atoms with Crippen molar-refractivity contribution < 1.29 is 9.72 Å². The Morgan fingerprint density at radius 3 is 2.42 bits per heavy atom. The summed E-state index contributed by atoms with van der Waals surface area (Å²) in [5.74, 6) is -0.0794. The number of carbonyl (C=O) groups excluding carboxylic acids is 1. The lowest BCUT2D eigenvalue weighted by Gasteiger charge is -2.15. The minimum atomic E-state index is -0.905. The van der Waals surface area contributed by atoms with Crippen molar-refractivity contribution in [1.82, 2.24) is 0 Å². The van der Waals surface area contributed by atoms with Gasteiger partial charge >= 0.3 is 0 Å². The Hall–Kier alpha value is -0.930. The summed E-state index contributed by atoms with van der Waals surface area (Å²) in [7, 11) is 0. The standard InChI is InChI=1S/C8H15NO3/c1-7(6-10)4-5-8(2,3)9(11)12/h6-7H,4-5H2,1-3H3. The summed E-state index contributed by atoms with van der Waals surface area (Å²) in [5, 5.41) is 10.4. The Morgan fingerprint density at radius 2 is 2.08 bits per heavy atom. The number of aldehydes is 1. The highest BCUT2D eigenvalue weighted by atomic mass is 16.6. The lowest BCUT2D eigenvalue weighted by molar-refractivity contribution is -0.561. The van der Waals surface area contributed by atoms with E-state index in [9.17, 15) is 14.9 Å². The van der Waals surface area contributed by atoms with E-state index in [1.807, 2.05) is 0 Å². The minimum absolute atomic E-state index is 0.0794. The number of rotatable bonds is 5. The summed E-state index contributed by atoms with van der Waals surface area (Å²) in [4.78, 5) is 20.4. The van der Waals surface area contributed by atoms with Crippen LogP contribution in [0.1, 0.15) is 33.6 Å². The van der Waals surface area contributed by atoms with Gasteiger partial charge in [0.2, 0.25) is 5.54 Å². The van der Waals surface area contributed by atoms with Crippen LogP contribution >= 0.6 is 0 Å². The van der Waals surface area contributed by atoms with E-state index in [2.05, 4.69) is 0 Å². The van der Waals surface area contributed by atoms with E-state index in [1.165, 1.54) is 0 Å². The predicted molar refractivity (Wildman–Crippen MR) is 45.5 cm³/mol. The molecule has 0 aliphatic heterocycles. The average Bonchev–Trinajstić information content (AvgIpc) is 2.00. The molecule has 0 saturated carbocycles. The Labute approximate surface area is 72.1 Å². The molecular formula is C8H15NO3.